The van der Waals surface area contributed by atoms with Crippen LogP contribution in [0.3, 0.4) is 0 Å². The number of carboxylic acids is 1. The zero-order valence-corrected chi connectivity index (χ0v) is 23.9. The molecule has 0 unspecified atom stereocenters. The largest absolute Gasteiger partial charge is 0.481 e. The number of hydrogen-bond acceptors (Lipinski definition) is 2. The van der Waals surface area contributed by atoms with Gasteiger partial charge in [-0.3, -0.25) is 4.79 Å². The van der Waals surface area contributed by atoms with Gasteiger partial charge in [0.2, 0.25) is 0 Å². The van der Waals surface area contributed by atoms with Gasteiger partial charge in [0, 0.05) is 7.11 Å². The first-order valence-corrected chi connectivity index (χ1v) is 14.7. The van der Waals surface area contributed by atoms with Crippen LogP contribution in [-0.4, -0.2) is 24.3 Å². The quantitative estimate of drug-likeness (QED) is 0.402. The third-order valence-corrected chi connectivity index (χ3v) is 13.4. The molecule has 0 spiro atoms. The summed E-state index contributed by atoms with van der Waals surface area (Å²) in [4.78, 5) is 12.1. The Bertz CT molecular complexity index is 900. The molecule has 0 aromatic heterocycles. The van der Waals surface area contributed by atoms with E-state index in [4.69, 9.17) is 4.74 Å². The highest BCUT2D eigenvalue weighted by Gasteiger charge is 2.63. The zero-order valence-electron chi connectivity index (χ0n) is 23.9. The minimum atomic E-state index is -0.578. The van der Waals surface area contributed by atoms with E-state index in [-0.39, 0.29) is 22.2 Å². The molecule has 0 aliphatic heterocycles. The van der Waals surface area contributed by atoms with Crippen LogP contribution in [0.25, 0.3) is 0 Å². The topological polar surface area (TPSA) is 46.5 Å². The number of fused-ring (bicyclic) bond motifs is 6. The van der Waals surface area contributed by atoms with Crippen LogP contribution in [0.15, 0.2) is 11.6 Å². The minimum Gasteiger partial charge on any atom is -0.481 e. The van der Waals surface area contributed by atoms with Crippen LogP contribution in [0.5, 0.6) is 0 Å². The highest BCUT2D eigenvalue weighted by molar-refractivity contribution is 5.71. The second-order valence-corrected chi connectivity index (χ2v) is 15.4. The standard InChI is InChI=1S/C32H52O3/c1-28(2)22(27(33)34)13-17-31(6)21-10-12-25-30(5,19-20(21)9-11-23(28)31)16-14-24-29(3,4)26(35-8)15-18-32(24,25)7/h19,21-26H,9-18H2,1-8H3,(H,33,34)/t21-,22-,23-,24-,25-,26+,30-,31+,32-/m0/s1. The highest BCUT2D eigenvalue weighted by Crippen LogP contribution is 2.70. The molecule has 198 valence electrons. The number of methoxy groups -OCH3 is 1. The maximum absolute atomic E-state index is 12.1. The number of allylic oxidation sites excluding steroid dienone is 2. The van der Waals surface area contributed by atoms with Crippen LogP contribution in [0.1, 0.15) is 113 Å². The van der Waals surface area contributed by atoms with Crippen molar-refractivity contribution in [2.75, 3.05) is 7.11 Å². The molecule has 4 saturated carbocycles. The number of hydrogen-bond donors (Lipinski definition) is 1. The molecule has 0 heterocycles. The molecule has 35 heavy (non-hydrogen) atoms. The summed E-state index contributed by atoms with van der Waals surface area (Å²) in [5.74, 6) is 1.80. The van der Waals surface area contributed by atoms with Gasteiger partial charge in [-0.25, -0.2) is 0 Å². The van der Waals surface area contributed by atoms with Gasteiger partial charge in [0.05, 0.1) is 12.0 Å². The van der Waals surface area contributed by atoms with Gasteiger partial charge in [0.1, 0.15) is 0 Å². The molecule has 0 amide bonds. The summed E-state index contributed by atoms with van der Waals surface area (Å²) in [5.41, 5.74) is 2.74. The van der Waals surface area contributed by atoms with Crippen LogP contribution in [0.4, 0.5) is 0 Å². The Labute approximate surface area is 214 Å². The summed E-state index contributed by atoms with van der Waals surface area (Å²) in [6, 6.07) is 0. The van der Waals surface area contributed by atoms with Crippen molar-refractivity contribution in [3.8, 4) is 0 Å². The third kappa shape index (κ3) is 3.48. The summed E-state index contributed by atoms with van der Waals surface area (Å²) in [6.07, 6.45) is 15.2. The molecule has 0 aromatic rings. The molecule has 3 nitrogen and oxygen atoms in total. The summed E-state index contributed by atoms with van der Waals surface area (Å²) >= 11 is 0. The van der Waals surface area contributed by atoms with Gasteiger partial charge in [-0.05, 0) is 115 Å². The Morgan fingerprint density at radius 2 is 1.46 bits per heavy atom. The maximum atomic E-state index is 12.1. The van der Waals surface area contributed by atoms with Crippen LogP contribution in [0, 0.1) is 56.7 Å². The number of ether oxygens (including phenoxy) is 1. The Kier molecular flexibility index (Phi) is 5.96. The minimum absolute atomic E-state index is 0.132. The van der Waals surface area contributed by atoms with E-state index in [1.165, 1.54) is 51.4 Å². The van der Waals surface area contributed by atoms with Crippen molar-refractivity contribution in [2.45, 2.75) is 119 Å². The molecule has 5 aliphatic carbocycles. The fraction of sp³-hybridized carbons (Fsp3) is 0.906. The highest BCUT2D eigenvalue weighted by atomic mass is 16.5. The maximum Gasteiger partial charge on any atom is 0.307 e. The van der Waals surface area contributed by atoms with E-state index < -0.39 is 5.97 Å². The van der Waals surface area contributed by atoms with Gasteiger partial charge in [-0.15, -0.1) is 0 Å². The number of carboxylic acid groups (broad SMARTS) is 1. The van der Waals surface area contributed by atoms with Crippen molar-refractivity contribution < 1.29 is 14.6 Å². The number of carbonyl (C=O) groups is 1. The first kappa shape index (κ1) is 25.8. The smallest absolute Gasteiger partial charge is 0.307 e. The van der Waals surface area contributed by atoms with Crippen LogP contribution < -0.4 is 0 Å². The van der Waals surface area contributed by atoms with E-state index in [0.29, 0.717) is 28.8 Å². The fourth-order valence-corrected chi connectivity index (χ4v) is 11.8. The van der Waals surface area contributed by atoms with Crippen molar-refractivity contribution in [3.63, 3.8) is 0 Å². The summed E-state index contributed by atoms with van der Waals surface area (Å²) < 4.78 is 6.03. The lowest BCUT2D eigenvalue weighted by Crippen LogP contribution is -2.58. The molecule has 0 bridgehead atoms. The van der Waals surface area contributed by atoms with E-state index in [1.807, 2.05) is 7.11 Å². The Balaban J connectivity index is 1.49. The first-order valence-electron chi connectivity index (χ1n) is 14.7. The van der Waals surface area contributed by atoms with Crippen molar-refractivity contribution in [3.05, 3.63) is 11.6 Å². The number of aliphatic carboxylic acids is 1. The second-order valence-electron chi connectivity index (χ2n) is 15.4. The van der Waals surface area contributed by atoms with Gasteiger partial charge >= 0.3 is 5.97 Å². The average molecular weight is 485 g/mol. The van der Waals surface area contributed by atoms with Gasteiger partial charge < -0.3 is 9.84 Å². The lowest BCUT2D eigenvalue weighted by Gasteiger charge is -2.63. The lowest BCUT2D eigenvalue weighted by atomic mass is 9.42. The third-order valence-electron chi connectivity index (χ3n) is 13.4. The van der Waals surface area contributed by atoms with E-state index >= 15 is 0 Å². The van der Waals surface area contributed by atoms with E-state index in [0.717, 1.165) is 24.7 Å². The lowest BCUT2D eigenvalue weighted by molar-refractivity contribution is -0.171. The Morgan fingerprint density at radius 1 is 0.800 bits per heavy atom. The van der Waals surface area contributed by atoms with Gasteiger partial charge in [-0.2, -0.15) is 0 Å². The Hall–Kier alpha value is -0.830. The first-order chi connectivity index (χ1) is 16.2. The normalized spacial score (nSPS) is 50.5. The second kappa shape index (κ2) is 8.08. The molecule has 4 fully saturated rings. The summed E-state index contributed by atoms with van der Waals surface area (Å²) in [6.45, 7) is 17.3. The predicted molar refractivity (Wildman–Crippen MR) is 142 cm³/mol. The van der Waals surface area contributed by atoms with Crippen molar-refractivity contribution in [1.82, 2.24) is 0 Å². The van der Waals surface area contributed by atoms with Crippen molar-refractivity contribution in [2.24, 2.45) is 56.7 Å². The molecular formula is C32H52O3. The summed E-state index contributed by atoms with van der Waals surface area (Å²) in [5, 5.41) is 10.00. The molecule has 0 radical (unpaired) electrons. The zero-order chi connectivity index (χ0) is 25.6. The summed E-state index contributed by atoms with van der Waals surface area (Å²) in [7, 11) is 1.92. The van der Waals surface area contributed by atoms with Gasteiger partial charge in [-0.1, -0.05) is 60.1 Å². The van der Waals surface area contributed by atoms with Crippen LogP contribution in [-0.2, 0) is 9.53 Å². The average Bonchev–Trinajstić information content (AvgIpc) is 2.90. The number of rotatable bonds is 2. The van der Waals surface area contributed by atoms with Gasteiger partial charge in [0.15, 0.2) is 0 Å². The predicted octanol–water partition coefficient (Wildman–Crippen LogP) is 8.13. The van der Waals surface area contributed by atoms with Crippen molar-refractivity contribution in [1.29, 1.82) is 0 Å². The molecule has 0 saturated heterocycles. The SMILES string of the molecule is CO[C@@H]1CC[C@]2(C)[C@H]3CC[C@H]4C(=C[C@]3(C)CC[C@H]2C1(C)C)CC[C@H]1C(C)(C)[C@H](C(=O)O)CC[C@]41C. The monoisotopic (exact) mass is 484 g/mol. The van der Waals surface area contributed by atoms with E-state index in [1.54, 1.807) is 5.57 Å². The molecule has 5 aliphatic rings. The Morgan fingerprint density at radius 3 is 2.11 bits per heavy atom. The molecular weight excluding hydrogens is 432 g/mol. The molecule has 9 atom stereocenters. The van der Waals surface area contributed by atoms with E-state index in [9.17, 15) is 9.90 Å². The van der Waals surface area contributed by atoms with Gasteiger partial charge in [0.25, 0.3) is 0 Å². The van der Waals surface area contributed by atoms with Crippen LogP contribution in [0.2, 0.25) is 0 Å². The van der Waals surface area contributed by atoms with Crippen molar-refractivity contribution >= 4 is 5.97 Å². The van der Waals surface area contributed by atoms with Crippen LogP contribution >= 0.6 is 0 Å². The molecule has 1 N–H and O–H groups in total. The van der Waals surface area contributed by atoms with E-state index in [2.05, 4.69) is 54.5 Å². The molecule has 5 rings (SSSR count). The fourth-order valence-electron chi connectivity index (χ4n) is 11.8. The molecule has 0 aromatic carbocycles. The molecule has 3 heteroatoms.